The number of carbonyl (C=O) groups is 2. The van der Waals surface area contributed by atoms with E-state index in [4.69, 9.17) is 14.0 Å². The van der Waals surface area contributed by atoms with Crippen LogP contribution in [0.1, 0.15) is 73.6 Å². The molecule has 1 heterocycles. The zero-order valence-electron chi connectivity index (χ0n) is 22.4. The lowest BCUT2D eigenvalue weighted by Crippen LogP contribution is -2.65. The van der Waals surface area contributed by atoms with E-state index in [1.54, 1.807) is 20.8 Å². The summed E-state index contributed by atoms with van der Waals surface area (Å²) in [6.07, 6.45) is 1.73. The first-order chi connectivity index (χ1) is 16.8. The lowest BCUT2D eigenvalue weighted by atomic mass is 9.43. The summed E-state index contributed by atoms with van der Waals surface area (Å²) >= 11 is 0. The summed E-state index contributed by atoms with van der Waals surface area (Å²) in [4.78, 5) is 25.0. The maximum Gasteiger partial charge on any atom is 0.481 e. The molecule has 4 aliphatic rings. The molecule has 5 rings (SSSR count). The molecule has 6 atom stereocenters. The molecule has 9 heteroatoms. The van der Waals surface area contributed by atoms with Crippen molar-refractivity contribution < 1.29 is 28.7 Å². The van der Waals surface area contributed by atoms with Gasteiger partial charge in [-0.3, -0.25) is 4.79 Å². The van der Waals surface area contributed by atoms with Gasteiger partial charge in [-0.1, -0.05) is 32.0 Å². The first-order valence-corrected chi connectivity index (χ1v) is 13.1. The van der Waals surface area contributed by atoms with Crippen molar-refractivity contribution in [1.29, 1.82) is 0 Å². The van der Waals surface area contributed by atoms with Crippen LogP contribution >= 0.6 is 0 Å². The minimum Gasteiger partial charge on any atom is -0.460 e. The molecule has 36 heavy (non-hydrogen) atoms. The van der Waals surface area contributed by atoms with Crippen molar-refractivity contribution >= 4 is 24.8 Å². The number of hydrogen-bond acceptors (Lipinski definition) is 6. The van der Waals surface area contributed by atoms with Crippen LogP contribution in [-0.4, -0.2) is 53.6 Å². The molecule has 198 valence electrons. The van der Waals surface area contributed by atoms with Crippen molar-refractivity contribution in [2.45, 2.75) is 103 Å². The first kappa shape index (κ1) is 27.0. The van der Waals surface area contributed by atoms with Crippen LogP contribution < -0.4 is 10.6 Å². The highest BCUT2D eigenvalue weighted by atomic mass is 16.7. The van der Waals surface area contributed by atoms with Crippen LogP contribution in [0.4, 0.5) is 10.5 Å². The summed E-state index contributed by atoms with van der Waals surface area (Å²) in [5.74, 6) is 0.0710. The van der Waals surface area contributed by atoms with Gasteiger partial charge in [-0.2, -0.15) is 0 Å². The number of carbonyl (C=O) groups excluding carboxylic acids is 2. The van der Waals surface area contributed by atoms with Gasteiger partial charge < -0.3 is 29.8 Å². The number of aliphatic hydroxyl groups is 1. The van der Waals surface area contributed by atoms with Crippen LogP contribution in [0, 0.1) is 17.3 Å². The van der Waals surface area contributed by atoms with E-state index in [1.807, 2.05) is 30.3 Å². The van der Waals surface area contributed by atoms with E-state index in [-0.39, 0.29) is 30.4 Å². The zero-order chi connectivity index (χ0) is 26.3. The third-order valence-corrected chi connectivity index (χ3v) is 8.28. The van der Waals surface area contributed by atoms with E-state index >= 15 is 0 Å². The number of ether oxygens (including phenoxy) is 1. The molecule has 2 amide bonds. The molecular weight excluding hydrogens is 459 g/mol. The topological polar surface area (TPSA) is 106 Å². The summed E-state index contributed by atoms with van der Waals surface area (Å²) < 4.78 is 18.3. The SMILES string of the molecule is CC(C)(C)OC(=O)C[C@@H](O)CC[C@H](NC(=O)Nc1ccccc1)B1O[C@@H]2C[C@@H]3C[C@@H](C3(C)C)[C@]2(C)O1. The van der Waals surface area contributed by atoms with Gasteiger partial charge in [0, 0.05) is 5.69 Å². The molecule has 0 aromatic heterocycles. The van der Waals surface area contributed by atoms with Crippen molar-refractivity contribution in [2.75, 3.05) is 5.32 Å². The van der Waals surface area contributed by atoms with Crippen LogP contribution in [0.25, 0.3) is 0 Å². The molecule has 1 aromatic rings. The number of para-hydroxylation sites is 1. The van der Waals surface area contributed by atoms with Crippen LogP contribution in [0.3, 0.4) is 0 Å². The fourth-order valence-corrected chi connectivity index (χ4v) is 6.25. The average Bonchev–Trinajstić information content (AvgIpc) is 3.12. The molecule has 0 unspecified atom stereocenters. The third-order valence-electron chi connectivity index (χ3n) is 8.28. The highest BCUT2D eigenvalue weighted by Gasteiger charge is 2.68. The predicted molar refractivity (Wildman–Crippen MR) is 138 cm³/mol. The normalized spacial score (nSPS) is 30.0. The second kappa shape index (κ2) is 9.99. The Hall–Kier alpha value is -2.10. The summed E-state index contributed by atoms with van der Waals surface area (Å²) in [5.41, 5.74) is -0.133. The second-order valence-electron chi connectivity index (χ2n) is 12.4. The smallest absolute Gasteiger partial charge is 0.460 e. The van der Waals surface area contributed by atoms with Gasteiger partial charge in [0.05, 0.1) is 30.2 Å². The maximum atomic E-state index is 12.9. The van der Waals surface area contributed by atoms with Crippen LogP contribution in [0.15, 0.2) is 30.3 Å². The number of urea groups is 1. The number of nitrogens with one attached hydrogen (secondary N) is 2. The molecule has 2 bridgehead atoms. The van der Waals surface area contributed by atoms with Gasteiger partial charge in [0.2, 0.25) is 0 Å². The van der Waals surface area contributed by atoms with Gasteiger partial charge in [-0.15, -0.1) is 0 Å². The number of hydrogen-bond donors (Lipinski definition) is 3. The van der Waals surface area contributed by atoms with Crippen molar-refractivity contribution in [2.24, 2.45) is 17.3 Å². The lowest BCUT2D eigenvalue weighted by molar-refractivity contribution is -0.199. The van der Waals surface area contributed by atoms with Gasteiger partial charge in [0.15, 0.2) is 0 Å². The third kappa shape index (κ3) is 5.73. The molecule has 8 nitrogen and oxygen atoms in total. The largest absolute Gasteiger partial charge is 0.481 e. The van der Waals surface area contributed by atoms with Gasteiger partial charge in [0.25, 0.3) is 0 Å². The van der Waals surface area contributed by atoms with Crippen molar-refractivity contribution in [3.63, 3.8) is 0 Å². The van der Waals surface area contributed by atoms with Crippen LogP contribution in [0.2, 0.25) is 0 Å². The number of esters is 1. The summed E-state index contributed by atoms with van der Waals surface area (Å²) in [6, 6.07) is 8.84. The van der Waals surface area contributed by atoms with Crippen molar-refractivity contribution in [3.05, 3.63) is 30.3 Å². The zero-order valence-corrected chi connectivity index (χ0v) is 22.4. The molecule has 1 aliphatic heterocycles. The highest BCUT2D eigenvalue weighted by molar-refractivity contribution is 6.48. The number of benzene rings is 1. The molecule has 1 saturated heterocycles. The standard InChI is InChI=1S/C27H41BN2O6/c1-25(2,3)34-23(32)16-19(31)12-13-22(30-24(33)29-18-10-8-7-9-11-18)28-35-21-15-17-14-20(26(17,4)5)27(21,6)36-28/h7-11,17,19-22,31H,12-16H2,1-6H3,(H2,29,30,33)/t17-,19-,20-,21+,22-,27-/m0/s1. The first-order valence-electron chi connectivity index (χ1n) is 13.1. The van der Waals surface area contributed by atoms with Crippen molar-refractivity contribution in [1.82, 2.24) is 5.32 Å². The van der Waals surface area contributed by atoms with Gasteiger partial charge in [-0.25, -0.2) is 4.79 Å². The maximum absolute atomic E-state index is 12.9. The second-order valence-corrected chi connectivity index (χ2v) is 12.4. The molecular formula is C27H41BN2O6. The monoisotopic (exact) mass is 500 g/mol. The van der Waals surface area contributed by atoms with Gasteiger partial charge in [0.1, 0.15) is 5.60 Å². The molecule has 1 aromatic carbocycles. The average molecular weight is 500 g/mol. The van der Waals surface area contributed by atoms with Gasteiger partial charge in [-0.05, 0) is 82.8 Å². The Morgan fingerprint density at radius 1 is 1.17 bits per heavy atom. The number of amides is 2. The minimum atomic E-state index is -0.896. The molecule has 3 N–H and O–H groups in total. The molecule has 0 radical (unpaired) electrons. The van der Waals surface area contributed by atoms with E-state index in [9.17, 15) is 14.7 Å². The Morgan fingerprint density at radius 3 is 2.50 bits per heavy atom. The Balaban J connectivity index is 1.42. The van der Waals surface area contributed by atoms with E-state index in [0.29, 0.717) is 23.9 Å². The predicted octanol–water partition coefficient (Wildman–Crippen LogP) is 4.32. The van der Waals surface area contributed by atoms with E-state index < -0.39 is 36.3 Å². The Morgan fingerprint density at radius 2 is 1.86 bits per heavy atom. The summed E-state index contributed by atoms with van der Waals surface area (Å²) in [6.45, 7) is 12.1. The summed E-state index contributed by atoms with van der Waals surface area (Å²) in [7, 11) is -0.634. The molecule has 3 saturated carbocycles. The van der Waals surface area contributed by atoms with Crippen LogP contribution in [0.5, 0.6) is 0 Å². The Labute approximate surface area is 215 Å². The molecule has 3 aliphatic carbocycles. The quantitative estimate of drug-likeness (QED) is 0.363. The van der Waals surface area contributed by atoms with E-state index in [0.717, 1.165) is 12.8 Å². The fourth-order valence-electron chi connectivity index (χ4n) is 6.25. The number of anilines is 1. The Bertz CT molecular complexity index is 951. The van der Waals surface area contributed by atoms with Gasteiger partial charge >= 0.3 is 19.1 Å². The van der Waals surface area contributed by atoms with E-state index in [1.165, 1.54) is 0 Å². The number of rotatable bonds is 8. The van der Waals surface area contributed by atoms with Crippen LogP contribution in [-0.2, 0) is 18.8 Å². The highest BCUT2D eigenvalue weighted by Crippen LogP contribution is 2.65. The van der Waals surface area contributed by atoms with E-state index in [2.05, 4.69) is 31.4 Å². The Kier molecular flexibility index (Phi) is 7.48. The number of aliphatic hydroxyl groups excluding tert-OH is 1. The molecule has 0 spiro atoms. The fraction of sp³-hybridized carbons (Fsp3) is 0.704. The van der Waals surface area contributed by atoms with Crippen molar-refractivity contribution in [3.8, 4) is 0 Å². The summed E-state index contributed by atoms with van der Waals surface area (Å²) in [5, 5.41) is 16.4. The molecule has 4 fully saturated rings. The minimum absolute atomic E-state index is 0.0209. The lowest BCUT2D eigenvalue weighted by Gasteiger charge is -2.64.